The van der Waals surface area contributed by atoms with E-state index in [-0.39, 0.29) is 45.0 Å². The van der Waals surface area contributed by atoms with E-state index < -0.39 is 32.8 Å². The smallest absolute Gasteiger partial charge is 0.374 e. The van der Waals surface area contributed by atoms with Crippen LogP contribution in [0.15, 0.2) is 30.3 Å². The predicted molar refractivity (Wildman–Crippen MR) is 105 cm³/mol. The van der Waals surface area contributed by atoms with Crippen molar-refractivity contribution in [2.45, 2.75) is 11.8 Å². The predicted octanol–water partition coefficient (Wildman–Crippen LogP) is 1.56. The van der Waals surface area contributed by atoms with E-state index in [0.29, 0.717) is 13.2 Å². The number of carbonyl (C=O) groups is 1. The van der Waals surface area contributed by atoms with Crippen LogP contribution in [0.4, 0.5) is 4.39 Å². The highest BCUT2D eigenvalue weighted by molar-refractivity contribution is 7.72. The summed E-state index contributed by atoms with van der Waals surface area (Å²) >= 11 is 0. The largest absolute Gasteiger partial charge is 0.379 e. The molecular weight excluding hydrogens is 441 g/mol. The fraction of sp³-hybridized carbons (Fsp3) is 0.588. The molecule has 13 heteroatoms. The monoisotopic (exact) mass is 466 g/mol. The molecular formula is C17H25FN2O8P2. The summed E-state index contributed by atoms with van der Waals surface area (Å²) in [4.78, 5) is 34.9. The molecule has 30 heavy (non-hydrogen) atoms. The molecule has 2 N–H and O–H groups in total. The zero-order chi connectivity index (χ0) is 21.8. The van der Waals surface area contributed by atoms with E-state index in [0.717, 1.165) is 4.67 Å². The molecule has 2 heterocycles. The van der Waals surface area contributed by atoms with Gasteiger partial charge in [-0.15, -0.1) is 0 Å². The second-order valence-electron chi connectivity index (χ2n) is 6.86. The Morgan fingerprint density at radius 2 is 1.53 bits per heavy atom. The van der Waals surface area contributed by atoms with Crippen molar-refractivity contribution < 1.29 is 42.1 Å². The number of ether oxygens (including phenoxy) is 2. The average Bonchev–Trinajstić information content (AvgIpc) is 2.78. The molecule has 0 radical (unpaired) electrons. The molecule has 0 aliphatic carbocycles. The summed E-state index contributed by atoms with van der Waals surface area (Å²) in [5.74, 6) is -0.648. The Kier molecular flexibility index (Phi) is 7.81. The van der Waals surface area contributed by atoms with Gasteiger partial charge in [0.1, 0.15) is 0 Å². The van der Waals surface area contributed by atoms with E-state index in [9.17, 15) is 28.1 Å². The number of benzene rings is 1. The third-order valence-electron chi connectivity index (χ3n) is 4.85. The summed E-state index contributed by atoms with van der Waals surface area (Å²) in [5.41, 5.74) is -2.86. The Morgan fingerprint density at radius 3 is 2.10 bits per heavy atom. The Morgan fingerprint density at radius 1 is 1.00 bits per heavy atom. The van der Waals surface area contributed by atoms with Crippen LogP contribution in [-0.4, -0.2) is 83.5 Å². The van der Waals surface area contributed by atoms with Crippen LogP contribution in [-0.2, 0) is 27.9 Å². The number of rotatable bonds is 7. The van der Waals surface area contributed by atoms with E-state index >= 15 is 0 Å². The fourth-order valence-corrected chi connectivity index (χ4v) is 6.93. The summed E-state index contributed by atoms with van der Waals surface area (Å²) in [5, 5.41) is 0. The number of amides is 1. The maximum absolute atomic E-state index is 14.9. The van der Waals surface area contributed by atoms with Crippen LogP contribution in [0.2, 0.25) is 0 Å². The van der Waals surface area contributed by atoms with Crippen LogP contribution < -0.4 is 0 Å². The first kappa shape index (κ1) is 23.5. The van der Waals surface area contributed by atoms with Crippen molar-refractivity contribution in [2.24, 2.45) is 0 Å². The summed E-state index contributed by atoms with van der Waals surface area (Å²) in [6.07, 6.45) is -1.61. The van der Waals surface area contributed by atoms with Crippen molar-refractivity contribution in [1.82, 2.24) is 9.57 Å². The van der Waals surface area contributed by atoms with Gasteiger partial charge in [-0.2, -0.15) is 0 Å². The molecule has 2 unspecified atom stereocenters. The molecule has 1 aromatic rings. The molecule has 3 rings (SSSR count). The van der Waals surface area contributed by atoms with Gasteiger partial charge < -0.3 is 24.2 Å². The molecule has 10 nitrogen and oxygen atoms in total. The minimum atomic E-state index is -5.34. The van der Waals surface area contributed by atoms with Gasteiger partial charge in [0.2, 0.25) is 0 Å². The van der Waals surface area contributed by atoms with Gasteiger partial charge in [-0.25, -0.2) is 9.06 Å². The zero-order valence-corrected chi connectivity index (χ0v) is 18.0. The number of carbonyl (C=O) groups excluding carboxylic acids is 1. The standard InChI is InChI=1S/C17H25FN2O8P2/c18-17(29(22,23)20-8-12-27-13-9-20)30(24,25)28-15(14-4-2-1-3-5-14)16(21)19-6-10-26-11-7-19/h1-5,15,17H,6-13H2,(H,22,23)(H,24,25)/t15-,17+/m0/s1. The highest BCUT2D eigenvalue weighted by Gasteiger charge is 2.52. The highest BCUT2D eigenvalue weighted by Crippen LogP contribution is 2.68. The van der Waals surface area contributed by atoms with Gasteiger partial charge >= 0.3 is 15.1 Å². The van der Waals surface area contributed by atoms with Crippen molar-refractivity contribution in [2.75, 3.05) is 52.6 Å². The Balaban J connectivity index is 1.83. The normalized spacial score (nSPS) is 24.4. The molecule has 2 aliphatic rings. The lowest BCUT2D eigenvalue weighted by atomic mass is 10.1. The van der Waals surface area contributed by atoms with Crippen LogP contribution in [0, 0.1) is 0 Å². The average molecular weight is 466 g/mol. The number of halogens is 1. The van der Waals surface area contributed by atoms with Gasteiger partial charge in [-0.05, 0) is 5.56 Å². The van der Waals surface area contributed by atoms with Gasteiger partial charge in [-0.3, -0.25) is 18.4 Å². The fourth-order valence-electron chi connectivity index (χ4n) is 3.19. The van der Waals surface area contributed by atoms with Gasteiger partial charge in [0, 0.05) is 26.2 Å². The Hall–Kier alpha value is -1.16. The first-order valence-electron chi connectivity index (χ1n) is 9.45. The SMILES string of the molecule is O=C([C@@H](OP(=O)(O)[C@H](F)P(=O)(O)N1CCOCC1)c1ccccc1)N1CCOCC1. The van der Waals surface area contributed by atoms with Crippen LogP contribution in [0.1, 0.15) is 11.7 Å². The Bertz CT molecular complexity index is 817. The van der Waals surface area contributed by atoms with E-state index in [1.807, 2.05) is 0 Å². The van der Waals surface area contributed by atoms with Crippen LogP contribution in [0.3, 0.4) is 0 Å². The minimum absolute atomic E-state index is 0.0664. The molecule has 1 amide bonds. The molecule has 2 aliphatic heterocycles. The van der Waals surface area contributed by atoms with Crippen LogP contribution in [0.5, 0.6) is 0 Å². The van der Waals surface area contributed by atoms with Gasteiger partial charge in [0.25, 0.3) is 11.6 Å². The number of hydrogen-bond acceptors (Lipinski definition) is 6. The van der Waals surface area contributed by atoms with E-state index in [1.54, 1.807) is 18.2 Å². The Labute approximate surface area is 173 Å². The molecule has 0 aromatic heterocycles. The number of nitrogens with zero attached hydrogens (tertiary/aromatic N) is 2. The highest BCUT2D eigenvalue weighted by atomic mass is 31.2. The maximum Gasteiger partial charge on any atom is 0.374 e. The lowest BCUT2D eigenvalue weighted by molar-refractivity contribution is -0.143. The van der Waals surface area contributed by atoms with Crippen molar-refractivity contribution in [1.29, 1.82) is 0 Å². The first-order valence-corrected chi connectivity index (χ1v) is 12.8. The van der Waals surface area contributed by atoms with Crippen LogP contribution in [0.25, 0.3) is 0 Å². The van der Waals surface area contributed by atoms with E-state index in [4.69, 9.17) is 14.0 Å². The van der Waals surface area contributed by atoms with E-state index in [2.05, 4.69) is 0 Å². The van der Waals surface area contributed by atoms with E-state index in [1.165, 1.54) is 17.0 Å². The molecule has 0 bridgehead atoms. The van der Waals surface area contributed by atoms with Gasteiger partial charge in [0.05, 0.1) is 26.4 Å². The van der Waals surface area contributed by atoms with Gasteiger partial charge in [0.15, 0.2) is 6.10 Å². The lowest BCUT2D eigenvalue weighted by Crippen LogP contribution is -2.43. The molecule has 0 saturated carbocycles. The van der Waals surface area contributed by atoms with Crippen molar-refractivity contribution in [3.05, 3.63) is 35.9 Å². The molecule has 2 saturated heterocycles. The van der Waals surface area contributed by atoms with Crippen molar-refractivity contribution in [3.63, 3.8) is 0 Å². The van der Waals surface area contributed by atoms with Crippen LogP contribution >= 0.6 is 15.1 Å². The van der Waals surface area contributed by atoms with Gasteiger partial charge in [-0.1, -0.05) is 30.3 Å². The zero-order valence-electron chi connectivity index (χ0n) is 16.2. The minimum Gasteiger partial charge on any atom is -0.379 e. The maximum atomic E-state index is 14.9. The summed E-state index contributed by atoms with van der Waals surface area (Å²) < 4.78 is 56.6. The molecule has 2 fully saturated rings. The third kappa shape index (κ3) is 5.36. The molecule has 0 spiro atoms. The quantitative estimate of drug-likeness (QED) is 0.576. The lowest BCUT2D eigenvalue weighted by Gasteiger charge is -2.34. The number of morpholine rings is 2. The summed E-state index contributed by atoms with van der Waals surface area (Å²) in [7, 11) is -10.2. The molecule has 4 atom stereocenters. The number of hydrogen-bond donors (Lipinski definition) is 2. The topological polar surface area (TPSA) is 126 Å². The number of alkyl halides is 1. The summed E-state index contributed by atoms with van der Waals surface area (Å²) in [6, 6.07) is 7.86. The molecule has 168 valence electrons. The second kappa shape index (κ2) is 9.97. The second-order valence-corrected chi connectivity index (χ2v) is 11.3. The molecule has 1 aromatic carbocycles. The van der Waals surface area contributed by atoms with Crippen molar-refractivity contribution >= 4 is 21.0 Å². The first-order chi connectivity index (χ1) is 14.2. The third-order valence-corrected chi connectivity index (χ3v) is 9.44. The van der Waals surface area contributed by atoms with Crippen molar-refractivity contribution in [3.8, 4) is 0 Å². The summed E-state index contributed by atoms with van der Waals surface area (Å²) in [6.45, 7) is 1.12.